The van der Waals surface area contributed by atoms with E-state index in [-0.39, 0.29) is 18.4 Å². The van der Waals surface area contributed by atoms with Gasteiger partial charge >= 0.3 is 5.97 Å². The Balaban J connectivity index is 2.29. The van der Waals surface area contributed by atoms with Gasteiger partial charge in [-0.05, 0) is 51.9 Å². The molecule has 114 valence electrons. The summed E-state index contributed by atoms with van der Waals surface area (Å²) in [6.07, 6.45) is 4.24. The zero-order chi connectivity index (χ0) is 15.0. The number of rotatable bonds is 2. The maximum Gasteiger partial charge on any atom is 0.338 e. The Kier molecular flexibility index (Phi) is 4.26. The number of allylic oxidation sites excluding steroid dienone is 2. The van der Waals surface area contributed by atoms with Gasteiger partial charge < -0.3 is 14.9 Å². The molecule has 2 fully saturated rings. The Bertz CT molecular complexity index is 424. The van der Waals surface area contributed by atoms with E-state index in [9.17, 15) is 15.0 Å². The van der Waals surface area contributed by atoms with Gasteiger partial charge in [0.25, 0.3) is 0 Å². The first-order chi connectivity index (χ1) is 9.34. The molecule has 4 nitrogen and oxygen atoms in total. The number of hydrogen-bond donors (Lipinski definition) is 2. The van der Waals surface area contributed by atoms with E-state index in [2.05, 4.69) is 20.8 Å². The molecule has 0 aromatic rings. The molecule has 0 aromatic carbocycles. The molecule has 2 aliphatic rings. The van der Waals surface area contributed by atoms with E-state index in [0.29, 0.717) is 12.5 Å². The van der Waals surface area contributed by atoms with E-state index in [1.165, 1.54) is 11.1 Å². The molecule has 4 heteroatoms. The van der Waals surface area contributed by atoms with Crippen LogP contribution in [0.1, 0.15) is 52.9 Å². The number of ether oxygens (including phenoxy) is 1. The Morgan fingerprint density at radius 2 is 2.05 bits per heavy atom. The lowest BCUT2D eigenvalue weighted by atomic mass is 9.71. The summed E-state index contributed by atoms with van der Waals surface area (Å²) < 4.78 is 5.63. The lowest BCUT2D eigenvalue weighted by molar-refractivity contribution is -0.172. The third-order valence-corrected chi connectivity index (χ3v) is 5.37. The minimum absolute atomic E-state index is 0.0963. The van der Waals surface area contributed by atoms with Gasteiger partial charge in [0.15, 0.2) is 5.60 Å². The van der Waals surface area contributed by atoms with Crippen LogP contribution in [0.4, 0.5) is 0 Å². The van der Waals surface area contributed by atoms with E-state index < -0.39 is 11.6 Å². The van der Waals surface area contributed by atoms with Crippen LogP contribution in [-0.2, 0) is 9.53 Å². The first kappa shape index (κ1) is 15.5. The minimum Gasteiger partial charge on any atom is -0.479 e. The Morgan fingerprint density at radius 3 is 2.60 bits per heavy atom. The van der Waals surface area contributed by atoms with Gasteiger partial charge in [0, 0.05) is 5.41 Å². The third kappa shape index (κ3) is 2.51. The molecule has 0 radical (unpaired) electrons. The molecule has 0 bridgehead atoms. The molecule has 0 aromatic heterocycles. The highest BCUT2D eigenvalue weighted by molar-refractivity contribution is 5.77. The Labute approximate surface area is 120 Å². The summed E-state index contributed by atoms with van der Waals surface area (Å²) in [7, 11) is 0. The number of carbonyl (C=O) groups is 1. The molecular weight excluding hydrogens is 256 g/mol. The number of fused-ring (bicyclic) bond motifs is 1. The van der Waals surface area contributed by atoms with Crippen LogP contribution in [0, 0.1) is 11.3 Å². The molecule has 0 amide bonds. The summed E-state index contributed by atoms with van der Waals surface area (Å²) in [5, 5.41) is 19.4. The van der Waals surface area contributed by atoms with Crippen molar-refractivity contribution in [1.29, 1.82) is 0 Å². The Hall–Kier alpha value is -0.870. The van der Waals surface area contributed by atoms with Gasteiger partial charge in [0.05, 0.1) is 13.2 Å². The second-order valence-electron chi connectivity index (χ2n) is 6.66. The maximum absolute atomic E-state index is 11.3. The summed E-state index contributed by atoms with van der Waals surface area (Å²) in [5.74, 6) is -0.818. The highest BCUT2D eigenvalue weighted by Crippen LogP contribution is 2.53. The molecule has 1 aliphatic heterocycles. The maximum atomic E-state index is 11.3. The van der Waals surface area contributed by atoms with Crippen molar-refractivity contribution in [2.75, 3.05) is 13.2 Å². The normalized spacial score (nSPS) is 38.0. The van der Waals surface area contributed by atoms with Crippen molar-refractivity contribution in [2.24, 2.45) is 11.3 Å². The van der Waals surface area contributed by atoms with Crippen LogP contribution in [-0.4, -0.2) is 35.0 Å². The van der Waals surface area contributed by atoms with Gasteiger partial charge in [0.1, 0.15) is 0 Å². The molecular formula is C16H26O4. The molecule has 20 heavy (non-hydrogen) atoms. The predicted molar refractivity (Wildman–Crippen MR) is 76.5 cm³/mol. The lowest BCUT2D eigenvalue weighted by Gasteiger charge is -2.40. The van der Waals surface area contributed by atoms with Crippen molar-refractivity contribution in [3.63, 3.8) is 0 Å². The SMILES string of the molecule is CC[C@@]12CCC(=C(C)C)[C@@H]1CC[C@](O)(C(=O)O)COC2. The first-order valence-electron chi connectivity index (χ1n) is 7.54. The van der Waals surface area contributed by atoms with Crippen LogP contribution in [0.5, 0.6) is 0 Å². The fraction of sp³-hybridized carbons (Fsp3) is 0.812. The van der Waals surface area contributed by atoms with Gasteiger partial charge in [-0.15, -0.1) is 0 Å². The highest BCUT2D eigenvalue weighted by atomic mass is 16.5. The largest absolute Gasteiger partial charge is 0.479 e. The molecule has 2 N–H and O–H groups in total. The minimum atomic E-state index is -1.73. The van der Waals surface area contributed by atoms with Crippen LogP contribution >= 0.6 is 0 Å². The van der Waals surface area contributed by atoms with Crippen molar-refractivity contribution >= 4 is 5.97 Å². The number of carboxylic acids is 1. The van der Waals surface area contributed by atoms with E-state index in [4.69, 9.17) is 4.74 Å². The highest BCUT2D eigenvalue weighted by Gasteiger charge is 2.49. The molecule has 0 unspecified atom stereocenters. The van der Waals surface area contributed by atoms with Crippen LogP contribution in [0.3, 0.4) is 0 Å². The molecule has 0 spiro atoms. The van der Waals surface area contributed by atoms with Gasteiger partial charge in [0.2, 0.25) is 0 Å². The third-order valence-electron chi connectivity index (χ3n) is 5.37. The van der Waals surface area contributed by atoms with E-state index in [1.807, 2.05) is 0 Å². The average molecular weight is 282 g/mol. The molecule has 1 aliphatic carbocycles. The standard InChI is InChI=1S/C16H26O4/c1-4-15-7-5-12(11(2)3)13(15)6-8-16(19,14(17)18)10-20-9-15/h13,19H,4-10H2,1-3H3,(H,17,18)/t13-,15-,16+/m0/s1. The lowest BCUT2D eigenvalue weighted by Crippen LogP contribution is -2.47. The molecule has 1 saturated carbocycles. The van der Waals surface area contributed by atoms with Crippen LogP contribution < -0.4 is 0 Å². The quantitative estimate of drug-likeness (QED) is 0.764. The van der Waals surface area contributed by atoms with Crippen molar-refractivity contribution in [1.82, 2.24) is 0 Å². The van der Waals surface area contributed by atoms with Crippen molar-refractivity contribution < 1.29 is 19.7 Å². The Morgan fingerprint density at radius 1 is 1.35 bits per heavy atom. The van der Waals surface area contributed by atoms with E-state index in [0.717, 1.165) is 25.7 Å². The monoisotopic (exact) mass is 282 g/mol. The summed E-state index contributed by atoms with van der Waals surface area (Å²) in [4.78, 5) is 11.3. The zero-order valence-electron chi connectivity index (χ0n) is 12.7. The smallest absolute Gasteiger partial charge is 0.338 e. The second kappa shape index (κ2) is 5.49. The summed E-state index contributed by atoms with van der Waals surface area (Å²) >= 11 is 0. The fourth-order valence-corrected chi connectivity index (χ4v) is 3.93. The zero-order valence-corrected chi connectivity index (χ0v) is 12.7. The topological polar surface area (TPSA) is 66.8 Å². The molecule has 3 atom stereocenters. The van der Waals surface area contributed by atoms with Gasteiger partial charge in [-0.3, -0.25) is 0 Å². The van der Waals surface area contributed by atoms with Gasteiger partial charge in [-0.1, -0.05) is 18.1 Å². The van der Waals surface area contributed by atoms with Gasteiger partial charge in [-0.2, -0.15) is 0 Å². The van der Waals surface area contributed by atoms with Crippen LogP contribution in [0.25, 0.3) is 0 Å². The fourth-order valence-electron chi connectivity index (χ4n) is 3.93. The number of aliphatic hydroxyl groups is 1. The van der Waals surface area contributed by atoms with E-state index >= 15 is 0 Å². The number of hydrogen-bond acceptors (Lipinski definition) is 3. The number of aliphatic carboxylic acids is 1. The number of carboxylic acid groups (broad SMARTS) is 1. The first-order valence-corrected chi connectivity index (χ1v) is 7.54. The average Bonchev–Trinajstić information content (AvgIpc) is 2.73. The second-order valence-corrected chi connectivity index (χ2v) is 6.66. The van der Waals surface area contributed by atoms with Crippen molar-refractivity contribution in [3.05, 3.63) is 11.1 Å². The van der Waals surface area contributed by atoms with Crippen LogP contribution in [0.15, 0.2) is 11.1 Å². The summed E-state index contributed by atoms with van der Waals surface area (Å²) in [6, 6.07) is 0. The van der Waals surface area contributed by atoms with Crippen LogP contribution in [0.2, 0.25) is 0 Å². The van der Waals surface area contributed by atoms with Gasteiger partial charge in [-0.25, -0.2) is 4.79 Å². The van der Waals surface area contributed by atoms with E-state index in [1.54, 1.807) is 0 Å². The van der Waals surface area contributed by atoms with Crippen molar-refractivity contribution in [2.45, 2.75) is 58.5 Å². The predicted octanol–water partition coefficient (Wildman–Crippen LogP) is 2.76. The van der Waals surface area contributed by atoms with Crippen molar-refractivity contribution in [3.8, 4) is 0 Å². The summed E-state index contributed by atoms with van der Waals surface area (Å²) in [6.45, 7) is 6.91. The molecule has 1 heterocycles. The summed E-state index contributed by atoms with van der Waals surface area (Å²) in [5.41, 5.74) is 1.19. The molecule has 2 rings (SSSR count). The molecule has 1 saturated heterocycles.